The molecule has 1 saturated heterocycles. The van der Waals surface area contributed by atoms with E-state index in [4.69, 9.17) is 0 Å². The molecule has 0 radical (unpaired) electrons. The third-order valence-electron chi connectivity index (χ3n) is 1.81. The van der Waals surface area contributed by atoms with Gasteiger partial charge in [0.2, 0.25) is 11.8 Å². The van der Waals surface area contributed by atoms with E-state index in [2.05, 4.69) is 24.0 Å². The van der Waals surface area contributed by atoms with E-state index in [1.54, 1.807) is 0 Å². The Bertz CT molecular complexity index is 221. The van der Waals surface area contributed by atoms with Gasteiger partial charge in [0.05, 0.1) is 11.8 Å². The van der Waals surface area contributed by atoms with E-state index in [0.29, 0.717) is 0 Å². The summed E-state index contributed by atoms with van der Waals surface area (Å²) in [5.74, 6) is -1.52. The van der Waals surface area contributed by atoms with E-state index in [-0.39, 0.29) is 11.8 Å². The average molecular weight is 166 g/mol. The van der Waals surface area contributed by atoms with Crippen molar-refractivity contribution in [1.29, 1.82) is 0 Å². The highest BCUT2D eigenvalue weighted by molar-refractivity contribution is 5.94. The predicted molar refractivity (Wildman–Crippen MR) is 43.7 cm³/mol. The van der Waals surface area contributed by atoms with Crippen LogP contribution in [0.3, 0.4) is 0 Å². The second kappa shape index (κ2) is 3.21. The van der Waals surface area contributed by atoms with E-state index >= 15 is 0 Å². The Morgan fingerprint density at radius 3 is 1.58 bits per heavy atom. The van der Waals surface area contributed by atoms with Crippen LogP contribution in [0.15, 0.2) is 25.3 Å². The fourth-order valence-corrected chi connectivity index (χ4v) is 1.12. The van der Waals surface area contributed by atoms with Crippen molar-refractivity contribution in [1.82, 2.24) is 10.9 Å². The molecule has 2 amide bonds. The second-order valence-corrected chi connectivity index (χ2v) is 2.50. The van der Waals surface area contributed by atoms with Gasteiger partial charge in [-0.15, -0.1) is 13.2 Å². The van der Waals surface area contributed by atoms with Crippen molar-refractivity contribution in [2.45, 2.75) is 0 Å². The summed E-state index contributed by atoms with van der Waals surface area (Å²) in [6.45, 7) is 6.96. The van der Waals surface area contributed by atoms with Crippen LogP contribution in [0, 0.1) is 11.8 Å². The summed E-state index contributed by atoms with van der Waals surface area (Å²) in [6, 6.07) is 0. The molecule has 0 unspecified atom stereocenters. The number of hydrazine groups is 1. The number of amides is 2. The van der Waals surface area contributed by atoms with Gasteiger partial charge in [-0.25, -0.2) is 0 Å². The van der Waals surface area contributed by atoms with Gasteiger partial charge in [-0.3, -0.25) is 20.4 Å². The minimum Gasteiger partial charge on any atom is -0.273 e. The fourth-order valence-electron chi connectivity index (χ4n) is 1.12. The summed E-state index contributed by atoms with van der Waals surface area (Å²) >= 11 is 0. The molecule has 1 aliphatic heterocycles. The highest BCUT2D eigenvalue weighted by atomic mass is 16.2. The van der Waals surface area contributed by atoms with Crippen LogP contribution in [0.25, 0.3) is 0 Å². The first-order valence-corrected chi connectivity index (χ1v) is 3.55. The van der Waals surface area contributed by atoms with Crippen molar-refractivity contribution in [2.75, 3.05) is 0 Å². The maximum Gasteiger partial charge on any atom is 0.246 e. The van der Waals surface area contributed by atoms with Gasteiger partial charge in [0.25, 0.3) is 0 Å². The van der Waals surface area contributed by atoms with Crippen LogP contribution in [-0.4, -0.2) is 11.8 Å². The zero-order chi connectivity index (χ0) is 9.14. The molecule has 2 atom stereocenters. The number of hydrogen-bond acceptors (Lipinski definition) is 2. The molecular weight excluding hydrogens is 156 g/mol. The van der Waals surface area contributed by atoms with Gasteiger partial charge in [0.1, 0.15) is 0 Å². The first-order chi connectivity index (χ1) is 5.70. The lowest BCUT2D eigenvalue weighted by Crippen LogP contribution is -2.55. The molecule has 0 aromatic rings. The Labute approximate surface area is 70.3 Å². The molecule has 0 aromatic carbocycles. The van der Waals surface area contributed by atoms with Gasteiger partial charge in [-0.1, -0.05) is 12.2 Å². The normalized spacial score (nSPS) is 28.7. The van der Waals surface area contributed by atoms with Crippen LogP contribution >= 0.6 is 0 Å². The van der Waals surface area contributed by atoms with E-state index < -0.39 is 11.8 Å². The molecule has 4 heteroatoms. The monoisotopic (exact) mass is 166 g/mol. The highest BCUT2D eigenvalue weighted by Crippen LogP contribution is 2.17. The Balaban J connectivity index is 2.88. The van der Waals surface area contributed by atoms with Gasteiger partial charge in [-0.2, -0.15) is 0 Å². The minimum absolute atomic E-state index is 0.255. The molecule has 0 aliphatic carbocycles. The van der Waals surface area contributed by atoms with Crippen LogP contribution in [0.1, 0.15) is 0 Å². The Morgan fingerprint density at radius 1 is 1.00 bits per heavy atom. The van der Waals surface area contributed by atoms with Crippen molar-refractivity contribution < 1.29 is 9.59 Å². The molecular formula is C8H10N2O2. The number of rotatable bonds is 2. The van der Waals surface area contributed by atoms with Gasteiger partial charge < -0.3 is 0 Å². The zero-order valence-corrected chi connectivity index (χ0v) is 6.54. The van der Waals surface area contributed by atoms with Crippen molar-refractivity contribution in [2.24, 2.45) is 11.8 Å². The van der Waals surface area contributed by atoms with E-state index in [0.717, 1.165) is 0 Å². The number of carbonyl (C=O) groups excluding carboxylic acids is 2. The summed E-state index contributed by atoms with van der Waals surface area (Å²) < 4.78 is 0. The standard InChI is InChI=1S/C8H10N2O2/c1-3-5-6(4-2)8(12)10-9-7(5)11/h3-6H,1-2H2,(H,9,11)(H,10,12)/t5-,6+. The third kappa shape index (κ3) is 1.23. The molecule has 0 aromatic heterocycles. The molecule has 1 aliphatic rings. The lowest BCUT2D eigenvalue weighted by molar-refractivity contribution is -0.139. The van der Waals surface area contributed by atoms with E-state index in [1.807, 2.05) is 0 Å². The van der Waals surface area contributed by atoms with Crippen LogP contribution in [-0.2, 0) is 9.59 Å². The van der Waals surface area contributed by atoms with Gasteiger partial charge in [0.15, 0.2) is 0 Å². The van der Waals surface area contributed by atoms with Gasteiger partial charge in [0, 0.05) is 0 Å². The summed E-state index contributed by atoms with van der Waals surface area (Å²) in [5.41, 5.74) is 4.48. The van der Waals surface area contributed by atoms with Crippen molar-refractivity contribution in [3.8, 4) is 0 Å². The molecule has 0 spiro atoms. The summed E-state index contributed by atoms with van der Waals surface area (Å²) in [7, 11) is 0. The molecule has 12 heavy (non-hydrogen) atoms. The quantitative estimate of drug-likeness (QED) is 0.556. The second-order valence-electron chi connectivity index (χ2n) is 2.50. The fraction of sp³-hybridized carbons (Fsp3) is 0.250. The molecule has 2 N–H and O–H groups in total. The third-order valence-corrected chi connectivity index (χ3v) is 1.81. The first kappa shape index (κ1) is 8.52. The maximum atomic E-state index is 11.1. The smallest absolute Gasteiger partial charge is 0.246 e. The maximum absolute atomic E-state index is 11.1. The molecule has 0 saturated carbocycles. The predicted octanol–water partition coefficient (Wildman–Crippen LogP) is -0.248. The lowest BCUT2D eigenvalue weighted by Gasteiger charge is -2.25. The van der Waals surface area contributed by atoms with Crippen molar-refractivity contribution in [3.05, 3.63) is 25.3 Å². The Kier molecular flexibility index (Phi) is 2.28. The first-order valence-electron chi connectivity index (χ1n) is 3.55. The van der Waals surface area contributed by atoms with Crippen molar-refractivity contribution >= 4 is 11.8 Å². The molecule has 64 valence electrons. The SMILES string of the molecule is C=C[C@@H]1C(=O)NNC(=O)[C@@H]1C=C. The Morgan fingerprint density at radius 2 is 1.33 bits per heavy atom. The van der Waals surface area contributed by atoms with E-state index in [1.165, 1.54) is 12.2 Å². The highest BCUT2D eigenvalue weighted by Gasteiger charge is 2.33. The average Bonchev–Trinajstić information content (AvgIpc) is 2.08. The summed E-state index contributed by atoms with van der Waals surface area (Å²) in [4.78, 5) is 22.2. The molecule has 1 fully saturated rings. The van der Waals surface area contributed by atoms with E-state index in [9.17, 15) is 9.59 Å². The largest absolute Gasteiger partial charge is 0.273 e. The topological polar surface area (TPSA) is 58.2 Å². The summed E-state index contributed by atoms with van der Waals surface area (Å²) in [5, 5.41) is 0. The number of hydrogen-bond donors (Lipinski definition) is 2. The summed E-state index contributed by atoms with van der Waals surface area (Å²) in [6.07, 6.45) is 2.89. The molecule has 4 nitrogen and oxygen atoms in total. The molecule has 0 bridgehead atoms. The van der Waals surface area contributed by atoms with Gasteiger partial charge in [-0.05, 0) is 0 Å². The number of carbonyl (C=O) groups is 2. The van der Waals surface area contributed by atoms with Crippen LogP contribution in [0.4, 0.5) is 0 Å². The molecule has 1 rings (SSSR count). The Hall–Kier alpha value is -1.58. The van der Waals surface area contributed by atoms with Crippen LogP contribution < -0.4 is 10.9 Å². The lowest BCUT2D eigenvalue weighted by atomic mass is 9.90. The molecule has 1 heterocycles. The minimum atomic E-state index is -0.503. The number of nitrogens with one attached hydrogen (secondary N) is 2. The van der Waals surface area contributed by atoms with Crippen molar-refractivity contribution in [3.63, 3.8) is 0 Å². The van der Waals surface area contributed by atoms with Crippen LogP contribution in [0.5, 0.6) is 0 Å². The van der Waals surface area contributed by atoms with Gasteiger partial charge >= 0.3 is 0 Å². The zero-order valence-electron chi connectivity index (χ0n) is 6.54. The van der Waals surface area contributed by atoms with Crippen LogP contribution in [0.2, 0.25) is 0 Å².